The number of carbonyl (C=O) groups excluding carboxylic acids is 1. The van der Waals surface area contributed by atoms with E-state index in [1.54, 1.807) is 0 Å². The average molecular weight is 463 g/mol. The van der Waals surface area contributed by atoms with E-state index in [1.807, 2.05) is 30.3 Å². The Bertz CT molecular complexity index is 1190. The maximum Gasteiger partial charge on any atom is 0.354 e. The number of carboxylic acid groups (broad SMARTS) is 1. The van der Waals surface area contributed by atoms with E-state index in [-0.39, 0.29) is 46.5 Å². The normalized spacial score (nSPS) is 10.6. The van der Waals surface area contributed by atoms with Crippen LogP contribution in [0.5, 0.6) is 0 Å². The van der Waals surface area contributed by atoms with E-state index in [1.165, 1.54) is 0 Å². The van der Waals surface area contributed by atoms with E-state index in [9.17, 15) is 23.5 Å². The van der Waals surface area contributed by atoms with Crippen LogP contribution in [-0.2, 0) is 13.0 Å². The molecular formula is C20H17ClF2N6O3. The number of hydrazine groups is 1. The number of hydrogen-bond acceptors (Lipinski definition) is 5. The van der Waals surface area contributed by atoms with Crippen molar-refractivity contribution < 1.29 is 23.5 Å². The minimum absolute atomic E-state index is 0.0296. The van der Waals surface area contributed by atoms with Gasteiger partial charge in [0, 0.05) is 12.0 Å². The molecule has 12 heteroatoms. The van der Waals surface area contributed by atoms with Gasteiger partial charge in [-0.25, -0.2) is 19.4 Å². The molecule has 0 unspecified atom stereocenters. The molecule has 0 atom stereocenters. The highest BCUT2D eigenvalue weighted by atomic mass is 35.5. The number of benzene rings is 2. The van der Waals surface area contributed by atoms with E-state index >= 15 is 0 Å². The molecule has 0 fully saturated rings. The number of rotatable bonds is 7. The van der Waals surface area contributed by atoms with Crippen LogP contribution in [0.1, 0.15) is 32.0 Å². The molecule has 0 bridgehead atoms. The number of carboxylic acids is 1. The van der Waals surface area contributed by atoms with Gasteiger partial charge < -0.3 is 10.4 Å². The van der Waals surface area contributed by atoms with Crippen molar-refractivity contribution in [2.75, 3.05) is 5.32 Å². The van der Waals surface area contributed by atoms with E-state index in [2.05, 4.69) is 15.5 Å². The van der Waals surface area contributed by atoms with Gasteiger partial charge in [-0.3, -0.25) is 20.3 Å². The first-order valence-electron chi connectivity index (χ1n) is 9.07. The summed E-state index contributed by atoms with van der Waals surface area (Å²) in [7, 11) is 0. The van der Waals surface area contributed by atoms with Crippen molar-refractivity contribution in [3.05, 3.63) is 81.5 Å². The highest BCUT2D eigenvalue weighted by molar-refractivity contribution is 6.34. The maximum absolute atomic E-state index is 13.5. The van der Waals surface area contributed by atoms with E-state index in [0.717, 1.165) is 10.6 Å². The van der Waals surface area contributed by atoms with Gasteiger partial charge in [-0.15, -0.1) is 0 Å². The fraction of sp³-hybridized carbons (Fsp3) is 0.100. The molecular weight excluding hydrogens is 446 g/mol. The molecule has 32 heavy (non-hydrogen) atoms. The Kier molecular flexibility index (Phi) is 6.81. The lowest BCUT2D eigenvalue weighted by Crippen LogP contribution is -2.37. The quantitative estimate of drug-likeness (QED) is 0.120. The van der Waals surface area contributed by atoms with Crippen molar-refractivity contribution in [2.24, 2.45) is 5.84 Å². The summed E-state index contributed by atoms with van der Waals surface area (Å²) in [6.45, 7) is 0.187. The highest BCUT2D eigenvalue weighted by Crippen LogP contribution is 2.23. The number of hydrogen-bond donors (Lipinski definition) is 5. The topological polar surface area (TPSA) is 148 Å². The second-order valence-corrected chi connectivity index (χ2v) is 7.08. The van der Waals surface area contributed by atoms with Gasteiger partial charge in [-0.1, -0.05) is 41.9 Å². The van der Waals surface area contributed by atoms with Crippen molar-refractivity contribution in [1.29, 1.82) is 5.41 Å². The molecule has 3 aromatic rings. The number of halogens is 3. The van der Waals surface area contributed by atoms with Crippen LogP contribution in [0.2, 0.25) is 5.02 Å². The molecule has 0 spiro atoms. The van der Waals surface area contributed by atoms with Crippen LogP contribution < -0.4 is 11.2 Å². The molecule has 9 nitrogen and oxygen atoms in total. The van der Waals surface area contributed by atoms with Gasteiger partial charge in [0.1, 0.15) is 11.5 Å². The summed E-state index contributed by atoms with van der Waals surface area (Å²) in [5, 5.41) is 26.8. The zero-order chi connectivity index (χ0) is 23.4. The van der Waals surface area contributed by atoms with Gasteiger partial charge in [0.05, 0.1) is 17.1 Å². The average Bonchev–Trinajstić information content (AvgIpc) is 3.13. The van der Waals surface area contributed by atoms with Gasteiger partial charge in [-0.05, 0) is 17.7 Å². The number of anilines is 1. The van der Waals surface area contributed by atoms with Gasteiger partial charge >= 0.3 is 5.97 Å². The Morgan fingerprint density at radius 1 is 1.22 bits per heavy atom. The molecule has 3 rings (SSSR count). The fourth-order valence-electron chi connectivity index (χ4n) is 2.83. The minimum atomic E-state index is -1.38. The zero-order valence-electron chi connectivity index (χ0n) is 16.3. The molecule has 0 saturated carbocycles. The number of carbonyl (C=O) groups is 2. The molecule has 0 saturated heterocycles. The molecule has 6 N–H and O–H groups in total. The van der Waals surface area contributed by atoms with Gasteiger partial charge in [0.2, 0.25) is 0 Å². The number of amidine groups is 1. The minimum Gasteiger partial charge on any atom is -0.477 e. The summed E-state index contributed by atoms with van der Waals surface area (Å²) in [5.74, 6) is 0.732. The maximum atomic E-state index is 13.5. The molecule has 0 aliphatic heterocycles. The number of nitrogens with one attached hydrogen (secondary N) is 3. The van der Waals surface area contributed by atoms with Crippen LogP contribution >= 0.6 is 11.6 Å². The third kappa shape index (κ3) is 5.07. The summed E-state index contributed by atoms with van der Waals surface area (Å²) >= 11 is 5.81. The van der Waals surface area contributed by atoms with Crippen LogP contribution in [0, 0.1) is 17.0 Å². The summed E-state index contributed by atoms with van der Waals surface area (Å²) in [6.07, 6.45) is -0.289. The number of nitrogens with zero attached hydrogens (tertiary/aromatic N) is 2. The molecule has 1 amide bonds. The Labute approximate surface area is 185 Å². The van der Waals surface area contributed by atoms with Crippen molar-refractivity contribution in [3.8, 4) is 0 Å². The summed E-state index contributed by atoms with van der Waals surface area (Å²) in [6, 6.07) is 10.3. The Morgan fingerprint density at radius 3 is 2.53 bits per heavy atom. The molecule has 2 aromatic carbocycles. The lowest BCUT2D eigenvalue weighted by Gasteiger charge is -2.19. The van der Waals surface area contributed by atoms with E-state index < -0.39 is 23.5 Å². The smallest absolute Gasteiger partial charge is 0.354 e. The largest absolute Gasteiger partial charge is 0.477 e. The number of nitrogens with two attached hydrogens (primary N) is 1. The molecule has 1 aromatic heterocycles. The van der Waals surface area contributed by atoms with Crippen LogP contribution in [0.4, 0.5) is 14.6 Å². The van der Waals surface area contributed by atoms with Crippen LogP contribution in [0.25, 0.3) is 0 Å². The highest BCUT2D eigenvalue weighted by Gasteiger charge is 2.24. The summed E-state index contributed by atoms with van der Waals surface area (Å²) in [5.41, 5.74) is 0.0514. The predicted octanol–water partition coefficient (Wildman–Crippen LogP) is 3.19. The number of aromatic nitrogens is 2. The van der Waals surface area contributed by atoms with Crippen molar-refractivity contribution in [2.45, 2.75) is 13.0 Å². The summed E-state index contributed by atoms with van der Waals surface area (Å²) < 4.78 is 26.8. The second-order valence-electron chi connectivity index (χ2n) is 6.67. The van der Waals surface area contributed by atoms with E-state index in [0.29, 0.717) is 12.1 Å². The molecule has 0 radical (unpaired) electrons. The first-order valence-corrected chi connectivity index (χ1v) is 9.45. The van der Waals surface area contributed by atoms with Gasteiger partial charge in [0.25, 0.3) is 5.91 Å². The second kappa shape index (κ2) is 9.54. The van der Waals surface area contributed by atoms with Crippen molar-refractivity contribution >= 4 is 35.1 Å². The number of aromatic amines is 1. The lowest BCUT2D eigenvalue weighted by molar-refractivity contribution is 0.0689. The van der Waals surface area contributed by atoms with Crippen LogP contribution in [-0.4, -0.2) is 38.0 Å². The SMILES string of the molecule is N=C(Cc1c(NC(=O)c2cc(F)c(F)cc2Cl)n[nH]c1C(=O)O)N(N)Cc1ccccc1. The number of amides is 1. The van der Waals surface area contributed by atoms with E-state index in [4.69, 9.17) is 22.9 Å². The Hall–Kier alpha value is -3.83. The first-order chi connectivity index (χ1) is 15.2. The molecule has 0 aliphatic rings. The predicted molar refractivity (Wildman–Crippen MR) is 112 cm³/mol. The van der Waals surface area contributed by atoms with Crippen molar-refractivity contribution in [1.82, 2.24) is 15.2 Å². The monoisotopic (exact) mass is 462 g/mol. The van der Waals surface area contributed by atoms with Crippen LogP contribution in [0.3, 0.4) is 0 Å². The Morgan fingerprint density at radius 2 is 1.88 bits per heavy atom. The standard InChI is InChI=1S/C20H17ClF2N6O3/c21-13-8-15(23)14(22)6-11(13)19(30)26-18-12(17(20(31)32)27-28-18)7-16(24)29(25)9-10-4-2-1-3-5-10/h1-6,8,24H,7,9,25H2,(H,31,32)(H2,26,27,28,30). The molecule has 0 aliphatic carbocycles. The summed E-state index contributed by atoms with van der Waals surface area (Å²) in [4.78, 5) is 24.1. The molecule has 1 heterocycles. The first kappa shape index (κ1) is 22.8. The molecule has 166 valence electrons. The lowest BCUT2D eigenvalue weighted by atomic mass is 10.1. The third-order valence-corrected chi connectivity index (χ3v) is 4.77. The number of aromatic carboxylic acids is 1. The Balaban J connectivity index is 1.83. The van der Waals surface area contributed by atoms with Crippen LogP contribution in [0.15, 0.2) is 42.5 Å². The van der Waals surface area contributed by atoms with Gasteiger partial charge in [-0.2, -0.15) is 5.10 Å². The third-order valence-electron chi connectivity index (χ3n) is 4.45. The van der Waals surface area contributed by atoms with Crippen molar-refractivity contribution in [3.63, 3.8) is 0 Å². The zero-order valence-corrected chi connectivity index (χ0v) is 17.1. The fourth-order valence-corrected chi connectivity index (χ4v) is 3.07. The number of H-pyrrole nitrogens is 1. The van der Waals surface area contributed by atoms with Gasteiger partial charge in [0.15, 0.2) is 17.5 Å².